The molecule has 0 aliphatic heterocycles. The lowest BCUT2D eigenvalue weighted by atomic mass is 10.1. The summed E-state index contributed by atoms with van der Waals surface area (Å²) >= 11 is 0. The van der Waals surface area contributed by atoms with Crippen molar-refractivity contribution in [3.05, 3.63) is 30.1 Å². The first-order valence-electron chi connectivity index (χ1n) is 7.40. The van der Waals surface area contributed by atoms with Crippen molar-refractivity contribution in [1.82, 2.24) is 15.0 Å². The minimum atomic E-state index is -0.326. The first kappa shape index (κ1) is 16.8. The van der Waals surface area contributed by atoms with Crippen molar-refractivity contribution >= 4 is 11.6 Å². The van der Waals surface area contributed by atoms with Gasteiger partial charge in [0, 0.05) is 11.8 Å². The Morgan fingerprint density at radius 1 is 1.30 bits per heavy atom. The van der Waals surface area contributed by atoms with E-state index in [1.807, 2.05) is 27.7 Å². The third-order valence-electron chi connectivity index (χ3n) is 3.13. The van der Waals surface area contributed by atoms with Crippen LogP contribution in [0.2, 0.25) is 0 Å². The molecule has 7 heteroatoms. The highest BCUT2D eigenvalue weighted by atomic mass is 16.5. The Morgan fingerprint density at radius 3 is 2.61 bits per heavy atom. The van der Waals surface area contributed by atoms with E-state index in [-0.39, 0.29) is 17.1 Å². The maximum Gasteiger partial charge on any atom is 0.277 e. The molecule has 7 nitrogen and oxygen atoms in total. The van der Waals surface area contributed by atoms with Gasteiger partial charge >= 0.3 is 0 Å². The minimum absolute atomic E-state index is 0.228. The van der Waals surface area contributed by atoms with Gasteiger partial charge in [-0.3, -0.25) is 4.79 Å². The summed E-state index contributed by atoms with van der Waals surface area (Å²) in [7, 11) is 1.57. The van der Waals surface area contributed by atoms with Gasteiger partial charge in [0.1, 0.15) is 0 Å². The number of carbonyl (C=O) groups is 1. The standard InChI is InChI=1S/C16H22N4O3/c1-6-23-14-9-11(7-8-13(14)22-5)17-15(21)12-10-20(19-18-12)16(2,3)4/h7-10H,6H2,1-5H3,(H,17,21). The van der Waals surface area contributed by atoms with Crippen LogP contribution < -0.4 is 14.8 Å². The van der Waals surface area contributed by atoms with Crippen LogP contribution in [0.1, 0.15) is 38.2 Å². The smallest absolute Gasteiger partial charge is 0.277 e. The number of benzene rings is 1. The van der Waals surface area contributed by atoms with Gasteiger partial charge in [0.2, 0.25) is 0 Å². The van der Waals surface area contributed by atoms with E-state index in [1.165, 1.54) is 0 Å². The lowest BCUT2D eigenvalue weighted by Gasteiger charge is -2.17. The number of nitrogens with zero attached hydrogens (tertiary/aromatic N) is 3. The van der Waals surface area contributed by atoms with Crippen molar-refractivity contribution in [3.63, 3.8) is 0 Å². The molecule has 1 N–H and O–H groups in total. The van der Waals surface area contributed by atoms with Crippen molar-refractivity contribution in [2.45, 2.75) is 33.2 Å². The Morgan fingerprint density at radius 2 is 2.04 bits per heavy atom. The van der Waals surface area contributed by atoms with E-state index >= 15 is 0 Å². The van der Waals surface area contributed by atoms with Crippen molar-refractivity contribution in [1.29, 1.82) is 0 Å². The summed E-state index contributed by atoms with van der Waals surface area (Å²) in [5.41, 5.74) is 0.631. The number of hydrogen-bond donors (Lipinski definition) is 1. The molecule has 0 saturated heterocycles. The zero-order valence-electron chi connectivity index (χ0n) is 14.1. The normalized spacial score (nSPS) is 11.2. The fourth-order valence-electron chi connectivity index (χ4n) is 1.91. The minimum Gasteiger partial charge on any atom is -0.493 e. The van der Waals surface area contributed by atoms with E-state index in [2.05, 4.69) is 15.6 Å². The Bertz CT molecular complexity index is 689. The molecule has 0 unspecified atom stereocenters. The molecule has 0 bridgehead atoms. The van der Waals surface area contributed by atoms with Crippen molar-refractivity contribution in [2.75, 3.05) is 19.0 Å². The van der Waals surface area contributed by atoms with E-state index in [4.69, 9.17) is 9.47 Å². The molecule has 2 aromatic rings. The van der Waals surface area contributed by atoms with Gasteiger partial charge in [-0.25, -0.2) is 4.68 Å². The lowest BCUT2D eigenvalue weighted by Crippen LogP contribution is -2.22. The second-order valence-corrected chi connectivity index (χ2v) is 5.97. The highest BCUT2D eigenvalue weighted by molar-refractivity contribution is 6.02. The van der Waals surface area contributed by atoms with Gasteiger partial charge in [-0.15, -0.1) is 5.10 Å². The van der Waals surface area contributed by atoms with Crippen molar-refractivity contribution in [2.24, 2.45) is 0 Å². The van der Waals surface area contributed by atoms with Crippen LogP contribution in [-0.4, -0.2) is 34.6 Å². The predicted molar refractivity (Wildman–Crippen MR) is 87.1 cm³/mol. The Balaban J connectivity index is 2.17. The molecule has 23 heavy (non-hydrogen) atoms. The number of hydrogen-bond acceptors (Lipinski definition) is 5. The van der Waals surface area contributed by atoms with Crippen LogP contribution in [0.4, 0.5) is 5.69 Å². The third-order valence-corrected chi connectivity index (χ3v) is 3.13. The Labute approximate surface area is 135 Å². The van der Waals surface area contributed by atoms with Gasteiger partial charge in [0.05, 0.1) is 25.5 Å². The molecule has 0 aliphatic carbocycles. The van der Waals surface area contributed by atoms with Gasteiger partial charge < -0.3 is 14.8 Å². The number of nitrogens with one attached hydrogen (secondary N) is 1. The molecule has 1 heterocycles. The molecule has 0 saturated carbocycles. The van der Waals surface area contributed by atoms with Crippen LogP contribution >= 0.6 is 0 Å². The van der Waals surface area contributed by atoms with Crippen LogP contribution in [0.25, 0.3) is 0 Å². The zero-order chi connectivity index (χ0) is 17.0. The first-order chi connectivity index (χ1) is 10.8. The molecule has 0 atom stereocenters. The number of methoxy groups -OCH3 is 1. The third kappa shape index (κ3) is 4.00. The summed E-state index contributed by atoms with van der Waals surface area (Å²) < 4.78 is 12.4. The van der Waals surface area contributed by atoms with Gasteiger partial charge in [0.15, 0.2) is 17.2 Å². The lowest BCUT2D eigenvalue weighted by molar-refractivity contribution is 0.102. The predicted octanol–water partition coefficient (Wildman–Crippen LogP) is 2.69. The van der Waals surface area contributed by atoms with Gasteiger partial charge in [-0.2, -0.15) is 0 Å². The summed E-state index contributed by atoms with van der Waals surface area (Å²) in [5.74, 6) is 0.864. The summed E-state index contributed by atoms with van der Waals surface area (Å²) in [6.07, 6.45) is 1.63. The summed E-state index contributed by atoms with van der Waals surface area (Å²) in [6, 6.07) is 5.20. The van der Waals surface area contributed by atoms with E-state index in [9.17, 15) is 4.79 Å². The number of anilines is 1. The quantitative estimate of drug-likeness (QED) is 0.917. The number of aromatic nitrogens is 3. The molecule has 1 aromatic heterocycles. The molecule has 0 aliphatic rings. The van der Waals surface area contributed by atoms with E-state index in [1.54, 1.807) is 36.2 Å². The average molecular weight is 318 g/mol. The Kier molecular flexibility index (Phi) is 4.88. The highest BCUT2D eigenvalue weighted by Gasteiger charge is 2.18. The molecule has 2 rings (SSSR count). The van der Waals surface area contributed by atoms with Crippen LogP contribution in [0.5, 0.6) is 11.5 Å². The van der Waals surface area contributed by atoms with Crippen LogP contribution in [0, 0.1) is 0 Å². The Hall–Kier alpha value is -2.57. The maximum absolute atomic E-state index is 12.3. The first-order valence-corrected chi connectivity index (χ1v) is 7.40. The molecule has 124 valence electrons. The molecular formula is C16H22N4O3. The van der Waals surface area contributed by atoms with Crippen LogP contribution in [0.15, 0.2) is 24.4 Å². The number of ether oxygens (including phenoxy) is 2. The fourth-order valence-corrected chi connectivity index (χ4v) is 1.91. The average Bonchev–Trinajstić information content (AvgIpc) is 2.98. The second kappa shape index (κ2) is 6.68. The summed E-state index contributed by atoms with van der Waals surface area (Å²) in [6.45, 7) is 8.35. The molecular weight excluding hydrogens is 296 g/mol. The van der Waals surface area contributed by atoms with Gasteiger partial charge in [-0.05, 0) is 39.8 Å². The summed E-state index contributed by atoms with van der Waals surface area (Å²) in [4.78, 5) is 12.3. The molecule has 0 fully saturated rings. The van der Waals surface area contributed by atoms with Gasteiger partial charge in [-0.1, -0.05) is 5.21 Å². The van der Waals surface area contributed by atoms with E-state index < -0.39 is 0 Å². The molecule has 1 amide bonds. The molecule has 0 radical (unpaired) electrons. The largest absolute Gasteiger partial charge is 0.493 e. The van der Waals surface area contributed by atoms with Crippen LogP contribution in [-0.2, 0) is 5.54 Å². The second-order valence-electron chi connectivity index (χ2n) is 5.97. The van der Waals surface area contributed by atoms with Crippen molar-refractivity contribution < 1.29 is 14.3 Å². The molecule has 0 spiro atoms. The monoisotopic (exact) mass is 318 g/mol. The number of carbonyl (C=O) groups excluding carboxylic acids is 1. The zero-order valence-corrected chi connectivity index (χ0v) is 14.1. The fraction of sp³-hybridized carbons (Fsp3) is 0.438. The van der Waals surface area contributed by atoms with E-state index in [0.717, 1.165) is 0 Å². The van der Waals surface area contributed by atoms with Crippen LogP contribution in [0.3, 0.4) is 0 Å². The van der Waals surface area contributed by atoms with Crippen molar-refractivity contribution in [3.8, 4) is 11.5 Å². The highest BCUT2D eigenvalue weighted by Crippen LogP contribution is 2.30. The number of rotatable bonds is 5. The van der Waals surface area contributed by atoms with Gasteiger partial charge in [0.25, 0.3) is 5.91 Å². The summed E-state index contributed by atoms with van der Waals surface area (Å²) in [5, 5.41) is 10.7. The SMILES string of the molecule is CCOc1cc(NC(=O)c2cn(C(C)(C)C)nn2)ccc1OC. The maximum atomic E-state index is 12.3. The molecule has 1 aromatic carbocycles. The van der Waals surface area contributed by atoms with E-state index in [0.29, 0.717) is 23.8 Å². The topological polar surface area (TPSA) is 78.3 Å². The number of amides is 1.